The van der Waals surface area contributed by atoms with Gasteiger partial charge in [0.2, 0.25) is 0 Å². The van der Waals surface area contributed by atoms with Gasteiger partial charge in [0.25, 0.3) is 0 Å². The van der Waals surface area contributed by atoms with Crippen LogP contribution in [0.1, 0.15) is 123 Å². The number of hydrogen-bond acceptors (Lipinski definition) is 6. The zero-order chi connectivity index (χ0) is 37.1. The van der Waals surface area contributed by atoms with E-state index in [1.54, 1.807) is 0 Å². The average molecular weight is 701 g/mol. The van der Waals surface area contributed by atoms with E-state index in [4.69, 9.17) is 14.2 Å². The number of rotatable bonds is 32. The van der Waals surface area contributed by atoms with Crippen LogP contribution in [0.4, 0.5) is 0 Å². The number of carboxylic acid groups (broad SMARTS) is 1. The summed E-state index contributed by atoms with van der Waals surface area (Å²) in [5.41, 5.74) is 0. The fourth-order valence-electron chi connectivity index (χ4n) is 5.03. The van der Waals surface area contributed by atoms with Gasteiger partial charge in [0.05, 0.1) is 34.4 Å². The number of likely N-dealkylation sites (N-methyl/N-ethyl adjacent to an activating group) is 1. The topological polar surface area (TPSA) is 99.1 Å². The molecule has 0 aromatic rings. The van der Waals surface area contributed by atoms with Crippen LogP contribution in [0, 0.1) is 0 Å². The summed E-state index contributed by atoms with van der Waals surface area (Å²) in [5.74, 6) is -1.54. The largest absolute Gasteiger partial charge is 0.477 e. The normalized spacial score (nSPS) is 13.9. The highest BCUT2D eigenvalue weighted by Crippen LogP contribution is 2.12. The van der Waals surface area contributed by atoms with Gasteiger partial charge in [-0.3, -0.25) is 9.59 Å². The lowest BCUT2D eigenvalue weighted by molar-refractivity contribution is -0.887. The maximum absolute atomic E-state index is 12.6. The SMILES string of the molecule is CC/C=C/C=C/C=C/CCCCCCCC(=O)OCC(COCCC(C(=O)O)[N+](C)(C)C)OC(=O)CCCCCCC/C=C/C=C/C=C/CC. The van der Waals surface area contributed by atoms with Crippen LogP contribution in [0.15, 0.2) is 72.9 Å². The molecule has 0 radical (unpaired) electrons. The molecule has 0 aromatic heterocycles. The standard InChI is InChI=1S/C42H69NO7/c1-6-8-10-12-14-16-18-20-22-24-26-28-30-32-40(44)49-37-38(36-48-35-34-39(42(46)47)43(3,4)5)50-41(45)33-31-29-27-25-23-21-19-17-15-13-11-9-7-2/h8-19,38-39H,6-7,20-37H2,1-5H3/p+1/b10-8+,11-9+,14-12+,15-13+,18-16+,19-17+. The molecule has 0 amide bonds. The molecule has 50 heavy (non-hydrogen) atoms. The lowest BCUT2D eigenvalue weighted by Crippen LogP contribution is -2.50. The quantitative estimate of drug-likeness (QED) is 0.0323. The minimum Gasteiger partial charge on any atom is -0.477 e. The Morgan fingerprint density at radius 2 is 1.06 bits per heavy atom. The first-order chi connectivity index (χ1) is 24.1. The van der Waals surface area contributed by atoms with E-state index in [9.17, 15) is 19.5 Å². The lowest BCUT2D eigenvalue weighted by atomic mass is 10.1. The molecular formula is C42H70NO7+. The highest BCUT2D eigenvalue weighted by atomic mass is 16.6. The van der Waals surface area contributed by atoms with Crippen molar-refractivity contribution in [3.63, 3.8) is 0 Å². The maximum Gasteiger partial charge on any atom is 0.362 e. The van der Waals surface area contributed by atoms with Gasteiger partial charge in [-0.2, -0.15) is 0 Å². The number of carbonyl (C=O) groups excluding carboxylic acids is 2. The second kappa shape index (κ2) is 32.9. The molecule has 0 spiro atoms. The number of ether oxygens (including phenoxy) is 3. The predicted molar refractivity (Wildman–Crippen MR) is 206 cm³/mol. The van der Waals surface area contributed by atoms with Crippen LogP contribution < -0.4 is 0 Å². The van der Waals surface area contributed by atoms with E-state index in [0.29, 0.717) is 19.3 Å². The lowest BCUT2D eigenvalue weighted by Gasteiger charge is -2.31. The van der Waals surface area contributed by atoms with Gasteiger partial charge in [-0.05, 0) is 51.4 Å². The molecule has 0 saturated carbocycles. The number of unbranched alkanes of at least 4 members (excludes halogenated alkanes) is 10. The van der Waals surface area contributed by atoms with Crippen LogP contribution >= 0.6 is 0 Å². The molecule has 0 saturated heterocycles. The molecule has 2 atom stereocenters. The summed E-state index contributed by atoms with van der Waals surface area (Å²) in [6, 6.07) is -0.624. The Balaban J connectivity index is 4.51. The van der Waals surface area contributed by atoms with Crippen LogP contribution in [0.5, 0.6) is 0 Å². The minimum atomic E-state index is -0.887. The molecule has 8 heteroatoms. The van der Waals surface area contributed by atoms with E-state index in [0.717, 1.165) is 89.9 Å². The number of esters is 2. The number of carbonyl (C=O) groups is 3. The summed E-state index contributed by atoms with van der Waals surface area (Å²) in [5, 5.41) is 9.58. The highest BCUT2D eigenvalue weighted by molar-refractivity contribution is 5.72. The van der Waals surface area contributed by atoms with Crippen molar-refractivity contribution in [3.05, 3.63) is 72.9 Å². The zero-order valence-corrected chi connectivity index (χ0v) is 32.1. The van der Waals surface area contributed by atoms with Crippen molar-refractivity contribution in [2.24, 2.45) is 0 Å². The van der Waals surface area contributed by atoms with Crippen molar-refractivity contribution < 1.29 is 38.2 Å². The Hall–Kier alpha value is -3.23. The number of allylic oxidation sites excluding steroid dienone is 12. The fraction of sp³-hybridized carbons (Fsp3) is 0.643. The van der Waals surface area contributed by atoms with Crippen molar-refractivity contribution in [3.8, 4) is 0 Å². The van der Waals surface area contributed by atoms with E-state index >= 15 is 0 Å². The molecule has 0 bridgehead atoms. The van der Waals surface area contributed by atoms with E-state index in [1.165, 1.54) is 0 Å². The monoisotopic (exact) mass is 701 g/mol. The zero-order valence-electron chi connectivity index (χ0n) is 32.1. The van der Waals surface area contributed by atoms with E-state index in [-0.39, 0.29) is 36.2 Å². The van der Waals surface area contributed by atoms with E-state index < -0.39 is 18.1 Å². The van der Waals surface area contributed by atoms with Gasteiger partial charge < -0.3 is 23.8 Å². The maximum atomic E-state index is 12.6. The second-order valence-corrected chi connectivity index (χ2v) is 13.5. The van der Waals surface area contributed by atoms with E-state index in [1.807, 2.05) is 45.4 Å². The molecule has 0 aliphatic heterocycles. The summed E-state index contributed by atoms with van der Waals surface area (Å²) in [4.78, 5) is 36.8. The number of hydrogen-bond donors (Lipinski definition) is 1. The second-order valence-electron chi connectivity index (χ2n) is 13.5. The van der Waals surface area contributed by atoms with Gasteiger partial charge in [-0.15, -0.1) is 0 Å². The number of carboxylic acids is 1. The molecule has 284 valence electrons. The number of quaternary nitrogens is 1. The number of aliphatic carboxylic acids is 1. The van der Waals surface area contributed by atoms with Crippen molar-refractivity contribution >= 4 is 17.9 Å². The molecule has 0 rings (SSSR count). The predicted octanol–water partition coefficient (Wildman–Crippen LogP) is 9.63. The van der Waals surface area contributed by atoms with Crippen molar-refractivity contribution in [1.29, 1.82) is 0 Å². The molecule has 0 heterocycles. The summed E-state index contributed by atoms with van der Waals surface area (Å²) in [6.45, 7) is 4.39. The van der Waals surface area contributed by atoms with Crippen molar-refractivity contribution in [2.75, 3.05) is 41.0 Å². The Morgan fingerprint density at radius 1 is 0.600 bits per heavy atom. The first kappa shape index (κ1) is 46.8. The van der Waals surface area contributed by atoms with Gasteiger partial charge in [0, 0.05) is 19.3 Å². The van der Waals surface area contributed by atoms with Crippen LogP contribution in [0.25, 0.3) is 0 Å². The third kappa shape index (κ3) is 30.8. The number of nitrogens with zero attached hydrogens (tertiary/aromatic N) is 1. The summed E-state index contributed by atoms with van der Waals surface area (Å²) in [7, 11) is 5.49. The van der Waals surface area contributed by atoms with Crippen LogP contribution in [-0.2, 0) is 28.6 Å². The van der Waals surface area contributed by atoms with Crippen LogP contribution in [-0.4, -0.2) is 80.6 Å². The molecule has 0 fully saturated rings. The Kier molecular flexibility index (Phi) is 30.8. The Labute approximate surface area is 304 Å². The third-order valence-corrected chi connectivity index (χ3v) is 7.97. The van der Waals surface area contributed by atoms with Gasteiger partial charge in [0.15, 0.2) is 12.1 Å². The highest BCUT2D eigenvalue weighted by Gasteiger charge is 2.31. The van der Waals surface area contributed by atoms with Crippen LogP contribution in [0.2, 0.25) is 0 Å². The van der Waals surface area contributed by atoms with Crippen molar-refractivity contribution in [1.82, 2.24) is 0 Å². The summed E-state index contributed by atoms with van der Waals surface area (Å²) >= 11 is 0. The molecule has 2 unspecified atom stereocenters. The van der Waals surface area contributed by atoms with Gasteiger partial charge >= 0.3 is 17.9 Å². The fourth-order valence-corrected chi connectivity index (χ4v) is 5.03. The van der Waals surface area contributed by atoms with E-state index in [2.05, 4.69) is 62.5 Å². The van der Waals surface area contributed by atoms with Gasteiger partial charge in [0.1, 0.15) is 6.61 Å². The minimum absolute atomic E-state index is 0.0414. The first-order valence-corrected chi connectivity index (χ1v) is 19.0. The summed E-state index contributed by atoms with van der Waals surface area (Å²) < 4.78 is 17.1. The molecule has 0 aliphatic rings. The molecule has 0 aromatic carbocycles. The molecule has 8 nitrogen and oxygen atoms in total. The molecule has 1 N–H and O–H groups in total. The molecular weight excluding hydrogens is 630 g/mol. The van der Waals surface area contributed by atoms with Gasteiger partial charge in [-0.1, -0.05) is 125 Å². The van der Waals surface area contributed by atoms with Gasteiger partial charge in [-0.25, -0.2) is 4.79 Å². The summed E-state index contributed by atoms with van der Waals surface area (Å²) in [6.07, 6.45) is 39.4. The smallest absolute Gasteiger partial charge is 0.362 e. The third-order valence-electron chi connectivity index (χ3n) is 7.97. The molecule has 0 aliphatic carbocycles. The van der Waals surface area contributed by atoms with Crippen molar-refractivity contribution in [2.45, 2.75) is 135 Å². The van der Waals surface area contributed by atoms with Crippen LogP contribution in [0.3, 0.4) is 0 Å². The Bertz CT molecular complexity index is 1050. The Morgan fingerprint density at radius 3 is 1.54 bits per heavy atom. The first-order valence-electron chi connectivity index (χ1n) is 19.0. The average Bonchev–Trinajstić information content (AvgIpc) is 3.06.